The molecule has 0 saturated carbocycles. The van der Waals surface area contributed by atoms with Crippen molar-refractivity contribution >= 4 is 0 Å². The zero-order valence-electron chi connectivity index (χ0n) is 9.81. The number of aromatic nitrogens is 2. The predicted octanol–water partition coefficient (Wildman–Crippen LogP) is 2.35. The number of nitrogens with one attached hydrogen (secondary N) is 1. The number of nitrogens with zero attached hydrogens (tertiary/aromatic N) is 1. The van der Waals surface area contributed by atoms with E-state index in [-0.39, 0.29) is 11.6 Å². The lowest BCUT2D eigenvalue weighted by atomic mass is 10.2. The fraction of sp³-hybridized carbons (Fsp3) is 0.308. The van der Waals surface area contributed by atoms with Crippen molar-refractivity contribution in [1.29, 1.82) is 0 Å². The van der Waals surface area contributed by atoms with E-state index < -0.39 is 0 Å². The van der Waals surface area contributed by atoms with Gasteiger partial charge in [-0.3, -0.25) is 4.57 Å². The molecule has 4 heteroatoms. The van der Waals surface area contributed by atoms with Crippen molar-refractivity contribution in [3.63, 3.8) is 0 Å². The van der Waals surface area contributed by atoms with Crippen molar-refractivity contribution in [2.24, 2.45) is 0 Å². The molecule has 1 aromatic heterocycles. The zero-order valence-corrected chi connectivity index (χ0v) is 9.81. The van der Waals surface area contributed by atoms with Gasteiger partial charge in [-0.25, -0.2) is 4.79 Å². The van der Waals surface area contributed by atoms with Crippen LogP contribution in [0.3, 0.4) is 0 Å². The van der Waals surface area contributed by atoms with Gasteiger partial charge in [0.15, 0.2) is 0 Å². The summed E-state index contributed by atoms with van der Waals surface area (Å²) in [6.07, 6.45) is 1.86. The van der Waals surface area contributed by atoms with Crippen molar-refractivity contribution < 1.29 is 5.11 Å². The molecular formula is C13H16N2O2. The summed E-state index contributed by atoms with van der Waals surface area (Å²) in [5.74, 6) is 0.0228. The third-order valence-electron chi connectivity index (χ3n) is 2.75. The highest BCUT2D eigenvalue weighted by Gasteiger charge is 2.13. The Morgan fingerprint density at radius 2 is 2.00 bits per heavy atom. The minimum Gasteiger partial charge on any atom is -0.493 e. The number of hydrogen-bond donors (Lipinski definition) is 2. The van der Waals surface area contributed by atoms with E-state index in [1.165, 1.54) is 4.57 Å². The van der Waals surface area contributed by atoms with Crippen molar-refractivity contribution in [2.45, 2.75) is 26.3 Å². The highest BCUT2D eigenvalue weighted by atomic mass is 16.3. The first-order valence-electron chi connectivity index (χ1n) is 5.81. The fourth-order valence-electron chi connectivity index (χ4n) is 1.79. The number of benzene rings is 1. The van der Waals surface area contributed by atoms with Crippen LogP contribution in [0, 0.1) is 0 Å². The second-order valence-corrected chi connectivity index (χ2v) is 4.00. The largest absolute Gasteiger partial charge is 0.493 e. The van der Waals surface area contributed by atoms with Gasteiger partial charge in [0.05, 0.1) is 0 Å². The Morgan fingerprint density at radius 1 is 1.29 bits per heavy atom. The fourth-order valence-corrected chi connectivity index (χ4v) is 1.79. The van der Waals surface area contributed by atoms with Crippen LogP contribution in [-0.4, -0.2) is 14.7 Å². The van der Waals surface area contributed by atoms with Gasteiger partial charge in [0.2, 0.25) is 5.88 Å². The van der Waals surface area contributed by atoms with Crippen LogP contribution in [0.4, 0.5) is 0 Å². The normalized spacial score (nSPS) is 10.6. The summed E-state index contributed by atoms with van der Waals surface area (Å²) in [6.45, 7) is 2.59. The Bertz CT molecular complexity index is 540. The van der Waals surface area contributed by atoms with Gasteiger partial charge in [-0.05, 0) is 6.42 Å². The van der Waals surface area contributed by atoms with E-state index in [1.807, 2.05) is 37.3 Å². The first-order valence-corrected chi connectivity index (χ1v) is 5.81. The number of hydrogen-bond acceptors (Lipinski definition) is 2. The van der Waals surface area contributed by atoms with Crippen molar-refractivity contribution in [3.05, 3.63) is 40.8 Å². The van der Waals surface area contributed by atoms with Crippen LogP contribution < -0.4 is 5.69 Å². The molecular weight excluding hydrogens is 216 g/mol. The van der Waals surface area contributed by atoms with Gasteiger partial charge >= 0.3 is 5.69 Å². The van der Waals surface area contributed by atoms with Crippen LogP contribution in [-0.2, 0) is 6.54 Å². The molecule has 0 amide bonds. The Morgan fingerprint density at radius 3 is 2.65 bits per heavy atom. The molecule has 0 fully saturated rings. The zero-order chi connectivity index (χ0) is 12.3. The molecule has 0 atom stereocenters. The Hall–Kier alpha value is -1.97. The van der Waals surface area contributed by atoms with Crippen LogP contribution in [0.15, 0.2) is 35.1 Å². The third-order valence-corrected chi connectivity index (χ3v) is 2.75. The Kier molecular flexibility index (Phi) is 3.32. The number of aromatic hydroxyl groups is 1. The molecule has 0 aliphatic heterocycles. The molecule has 2 rings (SSSR count). The number of rotatable bonds is 4. The highest BCUT2D eigenvalue weighted by Crippen LogP contribution is 2.25. The first kappa shape index (κ1) is 11.5. The van der Waals surface area contributed by atoms with E-state index in [0.29, 0.717) is 12.2 Å². The molecule has 0 radical (unpaired) electrons. The Labute approximate surface area is 99.5 Å². The van der Waals surface area contributed by atoms with E-state index in [2.05, 4.69) is 4.98 Å². The molecule has 0 aliphatic carbocycles. The van der Waals surface area contributed by atoms with E-state index in [1.54, 1.807) is 0 Å². The molecule has 2 N–H and O–H groups in total. The van der Waals surface area contributed by atoms with Gasteiger partial charge < -0.3 is 10.1 Å². The summed E-state index contributed by atoms with van der Waals surface area (Å²) in [5, 5.41) is 10.0. The van der Waals surface area contributed by atoms with Crippen LogP contribution in [0.1, 0.15) is 19.8 Å². The van der Waals surface area contributed by atoms with Gasteiger partial charge in [0, 0.05) is 12.1 Å². The van der Waals surface area contributed by atoms with Gasteiger partial charge in [0.25, 0.3) is 0 Å². The minimum absolute atomic E-state index is 0.0228. The topological polar surface area (TPSA) is 58.0 Å². The van der Waals surface area contributed by atoms with E-state index in [9.17, 15) is 9.90 Å². The SMILES string of the molecule is CCCCn1c(O)c(-c2ccccc2)[nH]c1=O. The average molecular weight is 232 g/mol. The lowest BCUT2D eigenvalue weighted by Crippen LogP contribution is -2.16. The van der Waals surface area contributed by atoms with Crippen LogP contribution >= 0.6 is 0 Å². The maximum absolute atomic E-state index is 11.7. The average Bonchev–Trinajstić information content (AvgIpc) is 2.64. The smallest absolute Gasteiger partial charge is 0.328 e. The van der Waals surface area contributed by atoms with Crippen LogP contribution in [0.25, 0.3) is 11.3 Å². The number of unbranched alkanes of at least 4 members (excludes halogenated alkanes) is 1. The summed E-state index contributed by atoms with van der Waals surface area (Å²) >= 11 is 0. The summed E-state index contributed by atoms with van der Waals surface area (Å²) < 4.78 is 1.38. The molecule has 0 unspecified atom stereocenters. The maximum atomic E-state index is 11.7. The predicted molar refractivity (Wildman–Crippen MR) is 67.1 cm³/mol. The molecule has 4 nitrogen and oxygen atoms in total. The van der Waals surface area contributed by atoms with Gasteiger partial charge in [0.1, 0.15) is 5.69 Å². The van der Waals surface area contributed by atoms with Crippen LogP contribution in [0.2, 0.25) is 0 Å². The quantitative estimate of drug-likeness (QED) is 0.850. The van der Waals surface area contributed by atoms with Gasteiger partial charge in [-0.2, -0.15) is 0 Å². The number of imidazole rings is 1. The van der Waals surface area contributed by atoms with E-state index in [0.717, 1.165) is 18.4 Å². The standard InChI is InChI=1S/C13H16N2O2/c1-2-3-9-15-12(16)11(14-13(15)17)10-7-5-4-6-8-10/h4-8,16H,2-3,9H2,1H3,(H,14,17). The summed E-state index contributed by atoms with van der Waals surface area (Å²) in [5.41, 5.74) is 1.05. The van der Waals surface area contributed by atoms with Crippen molar-refractivity contribution in [2.75, 3.05) is 0 Å². The molecule has 0 saturated heterocycles. The Balaban J connectivity index is 2.41. The van der Waals surface area contributed by atoms with Gasteiger partial charge in [-0.1, -0.05) is 43.7 Å². The van der Waals surface area contributed by atoms with Crippen molar-refractivity contribution in [1.82, 2.24) is 9.55 Å². The molecule has 17 heavy (non-hydrogen) atoms. The summed E-state index contributed by atoms with van der Waals surface area (Å²) in [6, 6.07) is 9.35. The molecule has 1 aromatic carbocycles. The molecule has 1 heterocycles. The second-order valence-electron chi connectivity index (χ2n) is 4.00. The lowest BCUT2D eigenvalue weighted by Gasteiger charge is -2.02. The van der Waals surface area contributed by atoms with E-state index >= 15 is 0 Å². The number of aromatic amines is 1. The van der Waals surface area contributed by atoms with Crippen LogP contribution in [0.5, 0.6) is 5.88 Å². The molecule has 0 bridgehead atoms. The highest BCUT2D eigenvalue weighted by molar-refractivity contribution is 5.64. The van der Waals surface area contributed by atoms with Crippen molar-refractivity contribution in [3.8, 4) is 17.1 Å². The number of H-pyrrole nitrogens is 1. The summed E-state index contributed by atoms with van der Waals surface area (Å²) in [7, 11) is 0. The second kappa shape index (κ2) is 4.91. The molecule has 0 aliphatic rings. The lowest BCUT2D eigenvalue weighted by molar-refractivity contribution is 0.410. The minimum atomic E-state index is -0.255. The first-order chi connectivity index (χ1) is 8.24. The van der Waals surface area contributed by atoms with E-state index in [4.69, 9.17) is 0 Å². The molecule has 0 spiro atoms. The molecule has 2 aromatic rings. The van der Waals surface area contributed by atoms with Gasteiger partial charge in [-0.15, -0.1) is 0 Å². The third kappa shape index (κ3) is 2.25. The molecule has 90 valence electrons. The maximum Gasteiger partial charge on any atom is 0.328 e. The monoisotopic (exact) mass is 232 g/mol. The summed E-state index contributed by atoms with van der Waals surface area (Å²) in [4.78, 5) is 14.4.